The Bertz CT molecular complexity index is 349. The maximum atomic E-state index is 4.06. The van der Waals surface area contributed by atoms with Gasteiger partial charge in [-0.3, -0.25) is 0 Å². The molecular formula is C8H8N4. The van der Waals surface area contributed by atoms with E-state index in [4.69, 9.17) is 0 Å². The first-order valence-corrected chi connectivity index (χ1v) is 3.65. The zero-order valence-corrected chi connectivity index (χ0v) is 6.68. The van der Waals surface area contributed by atoms with Crippen LogP contribution in [0, 0.1) is 6.92 Å². The van der Waals surface area contributed by atoms with Gasteiger partial charge in [-0.25, -0.2) is 14.6 Å². The molecule has 0 aliphatic heterocycles. The largest absolute Gasteiger partial charge is 0.239 e. The van der Waals surface area contributed by atoms with Crippen molar-refractivity contribution in [1.82, 2.24) is 19.7 Å². The highest BCUT2D eigenvalue weighted by atomic mass is 15.3. The maximum Gasteiger partial charge on any atom is 0.125 e. The van der Waals surface area contributed by atoms with Crippen molar-refractivity contribution in [3.63, 3.8) is 0 Å². The molecular weight excluding hydrogens is 152 g/mol. The minimum Gasteiger partial charge on any atom is -0.239 e. The fourth-order valence-corrected chi connectivity index (χ4v) is 0.926. The van der Waals surface area contributed by atoms with Gasteiger partial charge in [0.25, 0.3) is 0 Å². The molecule has 2 aromatic heterocycles. The van der Waals surface area contributed by atoms with Gasteiger partial charge in [0.1, 0.15) is 11.5 Å². The van der Waals surface area contributed by atoms with Crippen molar-refractivity contribution in [2.24, 2.45) is 0 Å². The lowest BCUT2D eigenvalue weighted by Crippen LogP contribution is -1.97. The van der Waals surface area contributed by atoms with Crippen LogP contribution in [-0.2, 0) is 0 Å². The summed E-state index contributed by atoms with van der Waals surface area (Å²) in [5.41, 5.74) is 0.880. The first-order chi connectivity index (χ1) is 5.86. The van der Waals surface area contributed by atoms with E-state index in [0.717, 1.165) is 11.5 Å². The van der Waals surface area contributed by atoms with E-state index in [-0.39, 0.29) is 0 Å². The molecule has 4 nitrogen and oxygen atoms in total. The molecule has 0 aromatic carbocycles. The van der Waals surface area contributed by atoms with Crippen molar-refractivity contribution in [2.45, 2.75) is 6.92 Å². The predicted octanol–water partition coefficient (Wildman–Crippen LogP) is 0.971. The molecule has 4 heteroatoms. The molecule has 0 saturated heterocycles. The van der Waals surface area contributed by atoms with Crippen molar-refractivity contribution in [3.8, 4) is 5.69 Å². The third-order valence-electron chi connectivity index (χ3n) is 1.54. The molecule has 0 amide bonds. The summed E-state index contributed by atoms with van der Waals surface area (Å²) < 4.78 is 1.72. The molecule has 12 heavy (non-hydrogen) atoms. The number of aryl methyl sites for hydroxylation is 1. The van der Waals surface area contributed by atoms with E-state index in [1.165, 1.54) is 0 Å². The van der Waals surface area contributed by atoms with E-state index < -0.39 is 0 Å². The van der Waals surface area contributed by atoms with Crippen LogP contribution in [0.4, 0.5) is 0 Å². The molecule has 0 spiro atoms. The highest BCUT2D eigenvalue weighted by Crippen LogP contribution is 2.01. The molecule has 0 aliphatic rings. The van der Waals surface area contributed by atoms with Gasteiger partial charge in [0, 0.05) is 12.4 Å². The van der Waals surface area contributed by atoms with Gasteiger partial charge < -0.3 is 0 Å². The lowest BCUT2D eigenvalue weighted by Gasteiger charge is -1.98. The van der Waals surface area contributed by atoms with E-state index in [1.807, 2.05) is 19.2 Å². The molecule has 0 aliphatic carbocycles. The lowest BCUT2D eigenvalue weighted by atomic mass is 10.5. The summed E-state index contributed by atoms with van der Waals surface area (Å²) in [4.78, 5) is 8.13. The number of aromatic nitrogens is 4. The number of nitrogens with zero attached hydrogens (tertiary/aromatic N) is 4. The maximum absolute atomic E-state index is 4.06. The Morgan fingerprint density at radius 3 is 2.58 bits per heavy atom. The van der Waals surface area contributed by atoms with Crippen LogP contribution in [0.5, 0.6) is 0 Å². The minimum atomic E-state index is 0.769. The SMILES string of the molecule is Cc1ncc(-n2cccn2)cn1. The number of hydrogen-bond acceptors (Lipinski definition) is 3. The van der Waals surface area contributed by atoms with Crippen molar-refractivity contribution in [1.29, 1.82) is 0 Å². The first kappa shape index (κ1) is 6.97. The fraction of sp³-hybridized carbons (Fsp3) is 0.125. The summed E-state index contributed by atoms with van der Waals surface area (Å²) in [7, 11) is 0. The van der Waals surface area contributed by atoms with Gasteiger partial charge in [-0.1, -0.05) is 0 Å². The van der Waals surface area contributed by atoms with Gasteiger partial charge in [0.2, 0.25) is 0 Å². The monoisotopic (exact) mass is 160 g/mol. The molecule has 0 N–H and O–H groups in total. The molecule has 2 aromatic rings. The van der Waals surface area contributed by atoms with E-state index in [0.29, 0.717) is 0 Å². The van der Waals surface area contributed by atoms with Gasteiger partial charge in [0.05, 0.1) is 12.4 Å². The second-order valence-electron chi connectivity index (χ2n) is 2.44. The average Bonchev–Trinajstić information content (AvgIpc) is 2.58. The second-order valence-corrected chi connectivity index (χ2v) is 2.44. The van der Waals surface area contributed by atoms with Crippen molar-refractivity contribution < 1.29 is 0 Å². The highest BCUT2D eigenvalue weighted by molar-refractivity contribution is 5.23. The Labute approximate surface area is 69.9 Å². The van der Waals surface area contributed by atoms with E-state index in [1.54, 1.807) is 23.3 Å². The standard InChI is InChI=1S/C8H8N4/c1-7-9-5-8(6-10-7)12-4-2-3-11-12/h2-6H,1H3. The van der Waals surface area contributed by atoms with Gasteiger partial charge in [0.15, 0.2) is 0 Å². The second kappa shape index (κ2) is 2.73. The first-order valence-electron chi connectivity index (χ1n) is 3.65. The van der Waals surface area contributed by atoms with E-state index >= 15 is 0 Å². The van der Waals surface area contributed by atoms with E-state index in [9.17, 15) is 0 Å². The summed E-state index contributed by atoms with van der Waals surface area (Å²) in [5, 5.41) is 4.05. The Morgan fingerprint density at radius 1 is 1.25 bits per heavy atom. The Morgan fingerprint density at radius 2 is 2.00 bits per heavy atom. The Balaban J connectivity index is 2.43. The molecule has 0 fully saturated rings. The lowest BCUT2D eigenvalue weighted by molar-refractivity contribution is 0.856. The third-order valence-corrected chi connectivity index (χ3v) is 1.54. The number of rotatable bonds is 1. The normalized spacial score (nSPS) is 10.1. The van der Waals surface area contributed by atoms with Crippen molar-refractivity contribution in [3.05, 3.63) is 36.7 Å². The zero-order chi connectivity index (χ0) is 8.39. The summed E-state index contributed by atoms with van der Waals surface area (Å²) in [5.74, 6) is 0.769. The molecule has 0 unspecified atom stereocenters. The minimum absolute atomic E-state index is 0.769. The summed E-state index contributed by atoms with van der Waals surface area (Å²) in [6, 6.07) is 1.86. The van der Waals surface area contributed by atoms with Crippen LogP contribution in [0.3, 0.4) is 0 Å². The fourth-order valence-electron chi connectivity index (χ4n) is 0.926. The Kier molecular flexibility index (Phi) is 1.59. The van der Waals surface area contributed by atoms with Crippen LogP contribution < -0.4 is 0 Å². The highest BCUT2D eigenvalue weighted by Gasteiger charge is 1.95. The average molecular weight is 160 g/mol. The molecule has 0 radical (unpaired) electrons. The molecule has 0 atom stereocenters. The predicted molar refractivity (Wildman–Crippen MR) is 43.9 cm³/mol. The van der Waals surface area contributed by atoms with Crippen molar-refractivity contribution >= 4 is 0 Å². The van der Waals surface area contributed by atoms with Gasteiger partial charge in [-0.15, -0.1) is 0 Å². The summed E-state index contributed by atoms with van der Waals surface area (Å²) >= 11 is 0. The van der Waals surface area contributed by atoms with Crippen LogP contribution in [0.25, 0.3) is 5.69 Å². The van der Waals surface area contributed by atoms with Crippen LogP contribution in [0.1, 0.15) is 5.82 Å². The molecule has 0 saturated carbocycles. The van der Waals surface area contributed by atoms with Crippen LogP contribution in [0.15, 0.2) is 30.9 Å². The van der Waals surface area contributed by atoms with Gasteiger partial charge >= 0.3 is 0 Å². The smallest absolute Gasteiger partial charge is 0.125 e. The summed E-state index contributed by atoms with van der Waals surface area (Å²) in [6.07, 6.45) is 7.07. The molecule has 2 heterocycles. The Hall–Kier alpha value is -1.71. The van der Waals surface area contributed by atoms with Crippen molar-refractivity contribution in [2.75, 3.05) is 0 Å². The van der Waals surface area contributed by atoms with Crippen LogP contribution >= 0.6 is 0 Å². The topological polar surface area (TPSA) is 43.6 Å². The van der Waals surface area contributed by atoms with Gasteiger partial charge in [-0.05, 0) is 13.0 Å². The number of hydrogen-bond donors (Lipinski definition) is 0. The molecule has 60 valence electrons. The van der Waals surface area contributed by atoms with E-state index in [2.05, 4.69) is 15.1 Å². The zero-order valence-electron chi connectivity index (χ0n) is 6.68. The molecule has 0 bridgehead atoms. The van der Waals surface area contributed by atoms with Gasteiger partial charge in [-0.2, -0.15) is 5.10 Å². The van der Waals surface area contributed by atoms with Crippen LogP contribution in [-0.4, -0.2) is 19.7 Å². The van der Waals surface area contributed by atoms with Crippen LogP contribution in [0.2, 0.25) is 0 Å². The molecule has 2 rings (SSSR count). The quantitative estimate of drug-likeness (QED) is 0.624. The third kappa shape index (κ3) is 1.18. The summed E-state index contributed by atoms with van der Waals surface area (Å²) in [6.45, 7) is 1.85.